The number of hydrogen-bond acceptors (Lipinski definition) is 2. The van der Waals surface area contributed by atoms with E-state index >= 15 is 0 Å². The Hall–Kier alpha value is -1.85. The normalized spacial score (nSPS) is 10.2. The van der Waals surface area contributed by atoms with Crippen LogP contribution in [0.5, 0.6) is 0 Å². The summed E-state index contributed by atoms with van der Waals surface area (Å²) < 4.78 is 1.02. The van der Waals surface area contributed by atoms with Crippen molar-refractivity contribution in [2.75, 3.05) is 0 Å². The lowest BCUT2D eigenvalue weighted by Gasteiger charge is -2.08. The van der Waals surface area contributed by atoms with Crippen LogP contribution in [-0.4, -0.2) is 11.1 Å². The Kier molecular flexibility index (Phi) is 5.78. The molecule has 2 amide bonds. The van der Waals surface area contributed by atoms with Gasteiger partial charge in [0, 0.05) is 17.6 Å². The van der Waals surface area contributed by atoms with E-state index in [1.54, 1.807) is 0 Å². The van der Waals surface area contributed by atoms with Gasteiger partial charge < -0.3 is 15.7 Å². The highest BCUT2D eigenvalue weighted by atomic mass is 79.9. The van der Waals surface area contributed by atoms with Gasteiger partial charge >= 0.3 is 6.03 Å². The molecule has 3 N–H and O–H groups in total. The van der Waals surface area contributed by atoms with Crippen LogP contribution < -0.4 is 10.6 Å². The highest BCUT2D eigenvalue weighted by Crippen LogP contribution is 2.10. The summed E-state index contributed by atoms with van der Waals surface area (Å²) >= 11 is 3.37. The van der Waals surface area contributed by atoms with Gasteiger partial charge in [-0.2, -0.15) is 0 Å². The molecule has 0 heterocycles. The number of benzene rings is 2. The molecule has 0 fully saturated rings. The van der Waals surface area contributed by atoms with E-state index in [1.807, 2.05) is 48.5 Å². The van der Waals surface area contributed by atoms with Gasteiger partial charge in [0.2, 0.25) is 0 Å². The van der Waals surface area contributed by atoms with Crippen molar-refractivity contribution in [2.45, 2.75) is 19.7 Å². The van der Waals surface area contributed by atoms with Crippen LogP contribution in [0, 0.1) is 0 Å². The molecule has 5 heteroatoms. The fourth-order valence-electron chi connectivity index (χ4n) is 1.79. The molecule has 0 bridgehead atoms. The summed E-state index contributed by atoms with van der Waals surface area (Å²) in [6.45, 7) is 0.974. The maximum atomic E-state index is 11.7. The average molecular weight is 349 g/mol. The predicted molar refractivity (Wildman–Crippen MR) is 85.6 cm³/mol. The summed E-state index contributed by atoms with van der Waals surface area (Å²) in [4.78, 5) is 11.7. The molecule has 0 unspecified atom stereocenters. The number of carbonyl (C=O) groups is 1. The Morgan fingerprint density at radius 3 is 1.76 bits per heavy atom. The van der Waals surface area contributed by atoms with Gasteiger partial charge in [-0.15, -0.1) is 0 Å². The number of amides is 2. The Morgan fingerprint density at radius 1 is 0.857 bits per heavy atom. The van der Waals surface area contributed by atoms with Crippen molar-refractivity contribution in [1.29, 1.82) is 0 Å². The van der Waals surface area contributed by atoms with E-state index in [-0.39, 0.29) is 12.6 Å². The zero-order valence-electron chi connectivity index (χ0n) is 11.5. The molecule has 0 aliphatic carbocycles. The second-order valence-corrected chi connectivity index (χ2v) is 5.55. The summed E-state index contributed by atoms with van der Waals surface area (Å²) in [5, 5.41) is 14.6. The molecule has 0 radical (unpaired) electrons. The highest BCUT2D eigenvalue weighted by Gasteiger charge is 2.01. The Balaban J connectivity index is 1.75. The maximum absolute atomic E-state index is 11.7. The van der Waals surface area contributed by atoms with Gasteiger partial charge in [-0.1, -0.05) is 52.3 Å². The number of rotatable bonds is 5. The fourth-order valence-corrected chi connectivity index (χ4v) is 2.06. The van der Waals surface area contributed by atoms with E-state index in [9.17, 15) is 4.79 Å². The van der Waals surface area contributed by atoms with Gasteiger partial charge in [-0.25, -0.2) is 4.79 Å². The van der Waals surface area contributed by atoms with Crippen LogP contribution in [0.25, 0.3) is 0 Å². The summed E-state index contributed by atoms with van der Waals surface area (Å²) in [5.41, 5.74) is 2.89. The molecular formula is C16H17BrN2O2. The summed E-state index contributed by atoms with van der Waals surface area (Å²) in [6.07, 6.45) is 0. The van der Waals surface area contributed by atoms with E-state index in [2.05, 4.69) is 26.6 Å². The molecule has 0 atom stereocenters. The quantitative estimate of drug-likeness (QED) is 0.777. The topological polar surface area (TPSA) is 61.4 Å². The minimum Gasteiger partial charge on any atom is -0.392 e. The molecule has 0 saturated heterocycles. The molecular weight excluding hydrogens is 332 g/mol. The van der Waals surface area contributed by atoms with Crippen LogP contribution in [0.4, 0.5) is 4.79 Å². The van der Waals surface area contributed by atoms with Gasteiger partial charge in [-0.05, 0) is 28.8 Å². The number of urea groups is 1. The van der Waals surface area contributed by atoms with E-state index in [0.29, 0.717) is 13.1 Å². The maximum Gasteiger partial charge on any atom is 0.315 e. The Labute approximate surface area is 132 Å². The monoisotopic (exact) mass is 348 g/mol. The molecule has 0 saturated carbocycles. The van der Waals surface area contributed by atoms with Crippen LogP contribution in [0.2, 0.25) is 0 Å². The van der Waals surface area contributed by atoms with Crippen LogP contribution >= 0.6 is 15.9 Å². The van der Waals surface area contributed by atoms with Gasteiger partial charge in [0.05, 0.1) is 6.61 Å². The van der Waals surface area contributed by atoms with Crippen LogP contribution in [-0.2, 0) is 19.7 Å². The molecule has 4 nitrogen and oxygen atoms in total. The SMILES string of the molecule is O=C(NCc1ccc(Br)cc1)NCc1ccc(CO)cc1. The van der Waals surface area contributed by atoms with E-state index in [4.69, 9.17) is 5.11 Å². The van der Waals surface area contributed by atoms with Crippen molar-refractivity contribution in [1.82, 2.24) is 10.6 Å². The lowest BCUT2D eigenvalue weighted by molar-refractivity contribution is 0.240. The average Bonchev–Trinajstić information content (AvgIpc) is 2.53. The van der Waals surface area contributed by atoms with Gasteiger partial charge in [0.25, 0.3) is 0 Å². The number of aliphatic hydroxyl groups is 1. The van der Waals surface area contributed by atoms with E-state index in [1.165, 1.54) is 0 Å². The molecule has 0 spiro atoms. The molecule has 2 aromatic carbocycles. The second-order valence-electron chi connectivity index (χ2n) is 4.64. The van der Waals surface area contributed by atoms with Crippen LogP contribution in [0.1, 0.15) is 16.7 Å². The fraction of sp³-hybridized carbons (Fsp3) is 0.188. The van der Waals surface area contributed by atoms with Crippen molar-refractivity contribution >= 4 is 22.0 Å². The first-order valence-electron chi connectivity index (χ1n) is 6.62. The minimum atomic E-state index is -0.204. The van der Waals surface area contributed by atoms with Crippen molar-refractivity contribution < 1.29 is 9.90 Å². The summed E-state index contributed by atoms with van der Waals surface area (Å²) in [5.74, 6) is 0. The van der Waals surface area contributed by atoms with Gasteiger partial charge in [0.1, 0.15) is 0 Å². The number of hydrogen-bond donors (Lipinski definition) is 3. The van der Waals surface area contributed by atoms with Crippen molar-refractivity contribution in [3.63, 3.8) is 0 Å². The second kappa shape index (κ2) is 7.81. The molecule has 21 heavy (non-hydrogen) atoms. The molecule has 110 valence electrons. The predicted octanol–water partition coefficient (Wildman–Crippen LogP) is 2.94. The third-order valence-electron chi connectivity index (χ3n) is 3.02. The van der Waals surface area contributed by atoms with Gasteiger partial charge in [0.15, 0.2) is 0 Å². The molecule has 2 rings (SSSR count). The number of aliphatic hydroxyl groups excluding tert-OH is 1. The lowest BCUT2D eigenvalue weighted by atomic mass is 10.1. The highest BCUT2D eigenvalue weighted by molar-refractivity contribution is 9.10. The first-order chi connectivity index (χ1) is 10.2. The Morgan fingerprint density at radius 2 is 1.29 bits per heavy atom. The standard InChI is InChI=1S/C16H17BrN2O2/c17-15-7-5-13(6-8-15)10-19-16(21)18-9-12-1-3-14(11-20)4-2-12/h1-8,20H,9-11H2,(H2,18,19,21). The largest absolute Gasteiger partial charge is 0.392 e. The lowest BCUT2D eigenvalue weighted by Crippen LogP contribution is -2.34. The van der Waals surface area contributed by atoms with Crippen molar-refractivity contribution in [2.24, 2.45) is 0 Å². The molecule has 0 aromatic heterocycles. The zero-order valence-corrected chi connectivity index (χ0v) is 13.1. The first-order valence-corrected chi connectivity index (χ1v) is 7.41. The van der Waals surface area contributed by atoms with Gasteiger partial charge in [-0.3, -0.25) is 0 Å². The summed E-state index contributed by atoms with van der Waals surface area (Å²) in [7, 11) is 0. The van der Waals surface area contributed by atoms with Crippen LogP contribution in [0.15, 0.2) is 53.0 Å². The van der Waals surface area contributed by atoms with E-state index < -0.39 is 0 Å². The third-order valence-corrected chi connectivity index (χ3v) is 3.55. The number of halogens is 1. The van der Waals surface area contributed by atoms with Crippen molar-refractivity contribution in [3.8, 4) is 0 Å². The van der Waals surface area contributed by atoms with Crippen LogP contribution in [0.3, 0.4) is 0 Å². The molecule has 0 aliphatic rings. The Bertz CT molecular complexity index is 582. The zero-order chi connectivity index (χ0) is 15.1. The number of nitrogens with one attached hydrogen (secondary N) is 2. The smallest absolute Gasteiger partial charge is 0.315 e. The minimum absolute atomic E-state index is 0.0292. The summed E-state index contributed by atoms with van der Waals surface area (Å²) in [6, 6.07) is 15.1. The first kappa shape index (κ1) is 15.5. The molecule has 2 aromatic rings. The van der Waals surface area contributed by atoms with Crippen molar-refractivity contribution in [3.05, 3.63) is 69.7 Å². The third kappa shape index (κ3) is 5.21. The van der Waals surface area contributed by atoms with E-state index in [0.717, 1.165) is 21.2 Å². The number of carbonyl (C=O) groups excluding carboxylic acids is 1. The molecule has 0 aliphatic heterocycles.